The van der Waals surface area contributed by atoms with E-state index in [1.165, 1.54) is 11.8 Å². The maximum atomic E-state index is 5.57. The summed E-state index contributed by atoms with van der Waals surface area (Å²) in [5, 5.41) is 0.606. The minimum Gasteiger partial charge on any atom is -0.383 e. The molecule has 0 saturated carbocycles. The third-order valence-electron chi connectivity index (χ3n) is 2.04. The molecule has 1 aromatic heterocycles. The van der Waals surface area contributed by atoms with Crippen LogP contribution in [0.1, 0.15) is 20.3 Å². The fourth-order valence-electron chi connectivity index (χ4n) is 1.14. The number of aromatic nitrogens is 2. The van der Waals surface area contributed by atoms with Crippen LogP contribution < -0.4 is 11.5 Å². The van der Waals surface area contributed by atoms with Crippen LogP contribution in [-0.2, 0) is 4.74 Å². The zero-order valence-corrected chi connectivity index (χ0v) is 11.2. The van der Waals surface area contributed by atoms with E-state index >= 15 is 0 Å². The monoisotopic (exact) mass is 256 g/mol. The molecular formula is C11H20N4OS. The summed E-state index contributed by atoms with van der Waals surface area (Å²) in [5.41, 5.74) is 11.1. The molecule has 0 aromatic carbocycles. The standard InChI is InChI=1S/C11H20N4OS/c1-8(2)3-4-16-5-6-17-11-14-9(12)7-10(13)15-11/h7-8H,3-6H2,1-2H3,(H4,12,13,14,15). The van der Waals surface area contributed by atoms with Crippen LogP contribution in [0.3, 0.4) is 0 Å². The summed E-state index contributed by atoms with van der Waals surface area (Å²) >= 11 is 1.50. The Balaban J connectivity index is 2.18. The van der Waals surface area contributed by atoms with Crippen LogP contribution in [0.4, 0.5) is 11.6 Å². The van der Waals surface area contributed by atoms with Crippen LogP contribution in [0.2, 0.25) is 0 Å². The molecule has 1 aromatic rings. The van der Waals surface area contributed by atoms with Crippen molar-refractivity contribution in [3.05, 3.63) is 6.07 Å². The molecule has 0 amide bonds. The number of hydrogen-bond donors (Lipinski definition) is 2. The number of thioether (sulfide) groups is 1. The Kier molecular flexibility index (Phi) is 6.07. The summed E-state index contributed by atoms with van der Waals surface area (Å²) in [7, 11) is 0. The highest BCUT2D eigenvalue weighted by atomic mass is 32.2. The van der Waals surface area contributed by atoms with Gasteiger partial charge in [0.2, 0.25) is 0 Å². The molecule has 0 unspecified atom stereocenters. The van der Waals surface area contributed by atoms with E-state index in [2.05, 4.69) is 23.8 Å². The van der Waals surface area contributed by atoms with Gasteiger partial charge in [-0.25, -0.2) is 9.97 Å². The molecule has 0 fully saturated rings. The highest BCUT2D eigenvalue weighted by Gasteiger charge is 2.01. The van der Waals surface area contributed by atoms with Crippen LogP contribution in [0.15, 0.2) is 11.2 Å². The first kappa shape index (κ1) is 14.1. The van der Waals surface area contributed by atoms with E-state index in [1.807, 2.05) is 0 Å². The summed E-state index contributed by atoms with van der Waals surface area (Å²) in [6, 6.07) is 1.54. The summed E-state index contributed by atoms with van der Waals surface area (Å²) in [6.45, 7) is 5.86. The van der Waals surface area contributed by atoms with E-state index in [0.29, 0.717) is 29.3 Å². The van der Waals surface area contributed by atoms with Gasteiger partial charge in [-0.15, -0.1) is 0 Å². The highest BCUT2D eigenvalue weighted by Crippen LogP contribution is 2.15. The summed E-state index contributed by atoms with van der Waals surface area (Å²) in [5.74, 6) is 2.29. The molecule has 0 radical (unpaired) electrons. The third kappa shape index (κ3) is 6.33. The number of rotatable bonds is 7. The first-order chi connectivity index (χ1) is 8.08. The molecule has 0 spiro atoms. The summed E-state index contributed by atoms with van der Waals surface area (Å²) in [4.78, 5) is 8.15. The van der Waals surface area contributed by atoms with Gasteiger partial charge in [0.1, 0.15) is 11.6 Å². The smallest absolute Gasteiger partial charge is 0.191 e. The Labute approximate surface area is 106 Å². The van der Waals surface area contributed by atoms with Crippen molar-refractivity contribution in [3.63, 3.8) is 0 Å². The van der Waals surface area contributed by atoms with Gasteiger partial charge in [0.15, 0.2) is 5.16 Å². The van der Waals surface area contributed by atoms with E-state index in [4.69, 9.17) is 16.2 Å². The van der Waals surface area contributed by atoms with E-state index in [9.17, 15) is 0 Å². The molecule has 96 valence electrons. The van der Waals surface area contributed by atoms with Crippen molar-refractivity contribution < 1.29 is 4.74 Å². The Morgan fingerprint density at radius 2 is 1.88 bits per heavy atom. The van der Waals surface area contributed by atoms with E-state index in [0.717, 1.165) is 18.8 Å². The lowest BCUT2D eigenvalue weighted by Gasteiger charge is -2.06. The van der Waals surface area contributed by atoms with Crippen molar-refractivity contribution in [2.45, 2.75) is 25.4 Å². The molecule has 0 aliphatic heterocycles. The Hall–Kier alpha value is -1.01. The maximum Gasteiger partial charge on any atom is 0.191 e. The first-order valence-corrected chi connectivity index (χ1v) is 6.67. The highest BCUT2D eigenvalue weighted by molar-refractivity contribution is 7.99. The molecule has 1 heterocycles. The van der Waals surface area contributed by atoms with Gasteiger partial charge in [-0.2, -0.15) is 0 Å². The lowest BCUT2D eigenvalue weighted by molar-refractivity contribution is 0.138. The van der Waals surface area contributed by atoms with E-state index < -0.39 is 0 Å². The van der Waals surface area contributed by atoms with Gasteiger partial charge in [-0.1, -0.05) is 25.6 Å². The maximum absolute atomic E-state index is 5.57. The molecule has 5 nitrogen and oxygen atoms in total. The van der Waals surface area contributed by atoms with Gasteiger partial charge >= 0.3 is 0 Å². The normalized spacial score (nSPS) is 11.0. The average Bonchev–Trinajstić information content (AvgIpc) is 2.21. The molecule has 0 saturated heterocycles. The van der Waals surface area contributed by atoms with Crippen molar-refractivity contribution in [2.24, 2.45) is 5.92 Å². The van der Waals surface area contributed by atoms with Crippen molar-refractivity contribution in [2.75, 3.05) is 30.4 Å². The molecule has 0 atom stereocenters. The molecule has 6 heteroatoms. The first-order valence-electron chi connectivity index (χ1n) is 5.68. The van der Waals surface area contributed by atoms with Gasteiger partial charge in [-0.05, 0) is 12.3 Å². The fraction of sp³-hybridized carbons (Fsp3) is 0.636. The summed E-state index contributed by atoms with van der Waals surface area (Å²) in [6.07, 6.45) is 1.09. The SMILES string of the molecule is CC(C)CCOCCSc1nc(N)cc(N)n1. The molecule has 17 heavy (non-hydrogen) atoms. The molecule has 4 N–H and O–H groups in total. The van der Waals surface area contributed by atoms with Crippen molar-refractivity contribution in [1.29, 1.82) is 0 Å². The minimum atomic E-state index is 0.403. The van der Waals surface area contributed by atoms with E-state index in [-0.39, 0.29) is 0 Å². The zero-order chi connectivity index (χ0) is 12.7. The molecule has 0 aliphatic carbocycles. The lowest BCUT2D eigenvalue weighted by atomic mass is 10.1. The zero-order valence-electron chi connectivity index (χ0n) is 10.3. The fourth-order valence-corrected chi connectivity index (χ4v) is 1.86. The number of ether oxygens (including phenoxy) is 1. The topological polar surface area (TPSA) is 87.0 Å². The third-order valence-corrected chi connectivity index (χ3v) is 2.86. The van der Waals surface area contributed by atoms with Crippen LogP contribution in [-0.4, -0.2) is 28.9 Å². The van der Waals surface area contributed by atoms with Crippen molar-refractivity contribution >= 4 is 23.4 Å². The molecule has 0 aliphatic rings. The number of hydrogen-bond acceptors (Lipinski definition) is 6. The predicted octanol–water partition coefficient (Wildman–Crippen LogP) is 1.80. The number of nitrogen functional groups attached to an aromatic ring is 2. The predicted molar refractivity (Wildman–Crippen MR) is 71.9 cm³/mol. The second-order valence-corrected chi connectivity index (χ2v) is 5.21. The Bertz CT molecular complexity index is 326. The number of nitrogens with zero attached hydrogens (tertiary/aromatic N) is 2. The summed E-state index contributed by atoms with van der Waals surface area (Å²) < 4.78 is 5.49. The van der Waals surface area contributed by atoms with Crippen LogP contribution in [0, 0.1) is 5.92 Å². The molecule has 0 bridgehead atoms. The minimum absolute atomic E-state index is 0.403. The number of nitrogens with two attached hydrogens (primary N) is 2. The number of anilines is 2. The largest absolute Gasteiger partial charge is 0.383 e. The lowest BCUT2D eigenvalue weighted by Crippen LogP contribution is -2.04. The van der Waals surface area contributed by atoms with Gasteiger partial charge in [0, 0.05) is 18.4 Å². The van der Waals surface area contributed by atoms with E-state index in [1.54, 1.807) is 6.07 Å². The van der Waals surface area contributed by atoms with Gasteiger partial charge in [-0.3, -0.25) is 0 Å². The molecule has 1 rings (SSSR count). The second kappa shape index (κ2) is 7.34. The van der Waals surface area contributed by atoms with Gasteiger partial charge in [0.05, 0.1) is 6.61 Å². The Morgan fingerprint density at radius 1 is 1.24 bits per heavy atom. The van der Waals surface area contributed by atoms with Crippen LogP contribution >= 0.6 is 11.8 Å². The molecular weight excluding hydrogens is 236 g/mol. The van der Waals surface area contributed by atoms with Crippen molar-refractivity contribution in [3.8, 4) is 0 Å². The van der Waals surface area contributed by atoms with Gasteiger partial charge < -0.3 is 16.2 Å². The Morgan fingerprint density at radius 3 is 2.47 bits per heavy atom. The van der Waals surface area contributed by atoms with Crippen LogP contribution in [0.5, 0.6) is 0 Å². The quantitative estimate of drug-likeness (QED) is 0.439. The van der Waals surface area contributed by atoms with Crippen molar-refractivity contribution in [1.82, 2.24) is 9.97 Å². The second-order valence-electron chi connectivity index (χ2n) is 4.14. The average molecular weight is 256 g/mol. The van der Waals surface area contributed by atoms with Crippen LogP contribution in [0.25, 0.3) is 0 Å². The van der Waals surface area contributed by atoms with Gasteiger partial charge in [0.25, 0.3) is 0 Å².